The fourth-order valence-electron chi connectivity index (χ4n) is 1.50. The number of carboxylic acids is 1. The van der Waals surface area contributed by atoms with Crippen LogP contribution in [0, 0.1) is 0 Å². The second kappa shape index (κ2) is 7.41. The third-order valence-corrected chi connectivity index (χ3v) is 2.60. The lowest BCUT2D eigenvalue weighted by Crippen LogP contribution is -2.40. The summed E-state index contributed by atoms with van der Waals surface area (Å²) in [7, 11) is 0. The van der Waals surface area contributed by atoms with E-state index in [1.165, 1.54) is 0 Å². The molecule has 1 amide bonds. The van der Waals surface area contributed by atoms with Gasteiger partial charge in [0.05, 0.1) is 6.61 Å². The topological polar surface area (TPSA) is 75.6 Å². The summed E-state index contributed by atoms with van der Waals surface area (Å²) in [5.74, 6) is -0.723. The van der Waals surface area contributed by atoms with Crippen molar-refractivity contribution in [1.29, 1.82) is 0 Å². The van der Waals surface area contributed by atoms with E-state index >= 15 is 0 Å². The summed E-state index contributed by atoms with van der Waals surface area (Å²) in [6, 6.07) is 5.78. The second-order valence-corrected chi connectivity index (χ2v) is 4.15. The quantitative estimate of drug-likeness (QED) is 0.791. The first-order chi connectivity index (χ1) is 9.08. The number of ether oxygens (including phenoxy) is 1. The van der Waals surface area contributed by atoms with Gasteiger partial charge in [-0.05, 0) is 37.1 Å². The largest absolute Gasteiger partial charge is 0.494 e. The van der Waals surface area contributed by atoms with Crippen molar-refractivity contribution in [2.75, 3.05) is 6.61 Å². The summed E-state index contributed by atoms with van der Waals surface area (Å²) < 4.78 is 5.40. The number of hydrogen-bond donors (Lipinski definition) is 2. The van der Waals surface area contributed by atoms with Crippen molar-refractivity contribution in [2.45, 2.75) is 32.7 Å². The average molecular weight is 265 g/mol. The molecule has 0 fully saturated rings. The molecule has 0 aliphatic rings. The molecule has 0 heterocycles. The number of benzene rings is 1. The fourth-order valence-corrected chi connectivity index (χ4v) is 1.50. The normalized spacial score (nSPS) is 11.7. The van der Waals surface area contributed by atoms with Crippen LogP contribution in [0.3, 0.4) is 0 Å². The molecule has 1 aromatic carbocycles. The van der Waals surface area contributed by atoms with Crippen molar-refractivity contribution >= 4 is 11.9 Å². The van der Waals surface area contributed by atoms with Crippen LogP contribution in [0.5, 0.6) is 5.75 Å². The molecule has 0 saturated carbocycles. The maximum Gasteiger partial charge on any atom is 0.326 e. The van der Waals surface area contributed by atoms with E-state index in [0.717, 1.165) is 6.42 Å². The Balaban J connectivity index is 2.64. The van der Waals surface area contributed by atoms with E-state index in [1.54, 1.807) is 31.2 Å². The van der Waals surface area contributed by atoms with Crippen molar-refractivity contribution in [3.63, 3.8) is 0 Å². The van der Waals surface area contributed by atoms with Crippen molar-refractivity contribution in [1.82, 2.24) is 5.32 Å². The minimum atomic E-state index is -1.03. The van der Waals surface area contributed by atoms with Crippen LogP contribution < -0.4 is 10.1 Å². The highest BCUT2D eigenvalue weighted by molar-refractivity contribution is 5.96. The molecule has 0 spiro atoms. The van der Waals surface area contributed by atoms with Crippen molar-refractivity contribution in [3.05, 3.63) is 29.8 Å². The van der Waals surface area contributed by atoms with Crippen molar-refractivity contribution in [2.24, 2.45) is 0 Å². The molecule has 2 N–H and O–H groups in total. The van der Waals surface area contributed by atoms with Crippen LogP contribution >= 0.6 is 0 Å². The molecule has 1 aromatic rings. The van der Waals surface area contributed by atoms with Gasteiger partial charge in [0.15, 0.2) is 0 Å². The Labute approximate surface area is 112 Å². The molecule has 104 valence electrons. The highest BCUT2D eigenvalue weighted by atomic mass is 16.5. The molecule has 0 saturated heterocycles. The van der Waals surface area contributed by atoms with E-state index < -0.39 is 17.9 Å². The second-order valence-electron chi connectivity index (χ2n) is 4.15. The standard InChI is InChI=1S/C14H19NO4/c1-3-9-19-11-7-5-10(6-8-11)13(16)15-12(4-2)14(17)18/h5-8,12H,3-4,9H2,1-2H3,(H,15,16)(H,17,18). The van der Waals surface area contributed by atoms with Gasteiger partial charge in [0.1, 0.15) is 11.8 Å². The van der Waals surface area contributed by atoms with E-state index in [9.17, 15) is 9.59 Å². The predicted octanol–water partition coefficient (Wildman–Crippen LogP) is 2.07. The maximum atomic E-state index is 11.8. The van der Waals surface area contributed by atoms with Crippen LogP contribution in [-0.2, 0) is 4.79 Å². The van der Waals surface area contributed by atoms with Gasteiger partial charge >= 0.3 is 5.97 Å². The van der Waals surface area contributed by atoms with Gasteiger partial charge in [-0.15, -0.1) is 0 Å². The van der Waals surface area contributed by atoms with Crippen molar-refractivity contribution < 1.29 is 19.4 Å². The van der Waals surface area contributed by atoms with Gasteiger partial charge in [0, 0.05) is 5.56 Å². The third kappa shape index (κ3) is 4.62. The number of carbonyl (C=O) groups is 2. The zero-order valence-electron chi connectivity index (χ0n) is 11.2. The molecule has 0 aliphatic heterocycles. The Hall–Kier alpha value is -2.04. The summed E-state index contributed by atoms with van der Waals surface area (Å²) in [6.45, 7) is 4.35. The Morgan fingerprint density at radius 3 is 2.37 bits per heavy atom. The zero-order chi connectivity index (χ0) is 14.3. The molecule has 1 unspecified atom stereocenters. The van der Waals surface area contributed by atoms with Gasteiger partial charge in [0.2, 0.25) is 0 Å². The number of carbonyl (C=O) groups excluding carboxylic acids is 1. The third-order valence-electron chi connectivity index (χ3n) is 2.60. The Kier molecular flexibility index (Phi) is 5.85. The molecule has 0 aliphatic carbocycles. The van der Waals surface area contributed by atoms with Crippen LogP contribution in [-0.4, -0.2) is 29.6 Å². The van der Waals surface area contributed by atoms with Crippen LogP contribution in [0.4, 0.5) is 0 Å². The highest BCUT2D eigenvalue weighted by Crippen LogP contribution is 2.12. The van der Waals surface area contributed by atoms with Gasteiger partial charge in [-0.1, -0.05) is 13.8 Å². The van der Waals surface area contributed by atoms with Gasteiger partial charge < -0.3 is 15.2 Å². The van der Waals surface area contributed by atoms with Crippen LogP contribution in [0.15, 0.2) is 24.3 Å². The lowest BCUT2D eigenvalue weighted by molar-refractivity contribution is -0.139. The predicted molar refractivity (Wildman–Crippen MR) is 71.4 cm³/mol. The summed E-state index contributed by atoms with van der Waals surface area (Å²) in [5.41, 5.74) is 0.420. The van der Waals surface area contributed by atoms with Crippen LogP contribution in [0.2, 0.25) is 0 Å². The van der Waals surface area contributed by atoms with E-state index in [2.05, 4.69) is 5.32 Å². The number of nitrogens with one attached hydrogen (secondary N) is 1. The van der Waals surface area contributed by atoms with E-state index in [0.29, 0.717) is 24.3 Å². The van der Waals surface area contributed by atoms with Gasteiger partial charge in [-0.3, -0.25) is 4.79 Å². The molecule has 5 heteroatoms. The Morgan fingerprint density at radius 1 is 1.26 bits per heavy atom. The molecule has 19 heavy (non-hydrogen) atoms. The van der Waals surface area contributed by atoms with Gasteiger partial charge in [-0.2, -0.15) is 0 Å². The molecular formula is C14H19NO4. The number of amides is 1. The molecule has 5 nitrogen and oxygen atoms in total. The van der Waals surface area contributed by atoms with Crippen LogP contribution in [0.1, 0.15) is 37.0 Å². The number of rotatable bonds is 7. The lowest BCUT2D eigenvalue weighted by atomic mass is 10.1. The number of aliphatic carboxylic acids is 1. The Morgan fingerprint density at radius 2 is 1.89 bits per heavy atom. The Bertz CT molecular complexity index is 428. The van der Waals surface area contributed by atoms with Gasteiger partial charge in [-0.25, -0.2) is 4.79 Å². The minimum Gasteiger partial charge on any atom is -0.494 e. The lowest BCUT2D eigenvalue weighted by Gasteiger charge is -2.12. The van der Waals surface area contributed by atoms with Gasteiger partial charge in [0.25, 0.3) is 5.91 Å². The smallest absolute Gasteiger partial charge is 0.326 e. The summed E-state index contributed by atoms with van der Waals surface area (Å²) in [4.78, 5) is 22.7. The SMILES string of the molecule is CCCOc1ccc(C(=O)NC(CC)C(=O)O)cc1. The zero-order valence-corrected chi connectivity index (χ0v) is 11.2. The van der Waals surface area contributed by atoms with E-state index in [1.807, 2.05) is 6.92 Å². The maximum absolute atomic E-state index is 11.8. The first kappa shape index (κ1) is 15.0. The first-order valence-electron chi connectivity index (χ1n) is 6.35. The first-order valence-corrected chi connectivity index (χ1v) is 6.35. The molecular weight excluding hydrogens is 246 g/mol. The molecule has 0 radical (unpaired) electrons. The van der Waals surface area contributed by atoms with E-state index in [4.69, 9.17) is 9.84 Å². The number of hydrogen-bond acceptors (Lipinski definition) is 3. The average Bonchev–Trinajstić information content (AvgIpc) is 2.42. The fraction of sp³-hybridized carbons (Fsp3) is 0.429. The molecule has 1 atom stereocenters. The van der Waals surface area contributed by atoms with Crippen LogP contribution in [0.25, 0.3) is 0 Å². The summed E-state index contributed by atoms with van der Waals surface area (Å²) >= 11 is 0. The molecule has 0 bridgehead atoms. The monoisotopic (exact) mass is 265 g/mol. The highest BCUT2D eigenvalue weighted by Gasteiger charge is 2.18. The minimum absolute atomic E-state index is 0.346. The molecule has 1 rings (SSSR count). The number of carboxylic acid groups (broad SMARTS) is 1. The summed E-state index contributed by atoms with van der Waals surface area (Å²) in [5, 5.41) is 11.3. The summed E-state index contributed by atoms with van der Waals surface area (Å²) in [6.07, 6.45) is 1.26. The molecule has 0 aromatic heterocycles. The van der Waals surface area contributed by atoms with Crippen molar-refractivity contribution in [3.8, 4) is 5.75 Å². The van der Waals surface area contributed by atoms with E-state index in [-0.39, 0.29) is 0 Å².